The lowest BCUT2D eigenvalue weighted by atomic mass is 9.86. The molecule has 2 aromatic carbocycles. The fourth-order valence-corrected chi connectivity index (χ4v) is 4.86. The number of rotatable bonds is 7. The van der Waals surface area contributed by atoms with Crippen LogP contribution in [-0.2, 0) is 10.5 Å². The quantitative estimate of drug-likeness (QED) is 0.362. The van der Waals surface area contributed by atoms with Crippen LogP contribution in [0.5, 0.6) is 11.5 Å². The van der Waals surface area contributed by atoms with Crippen LogP contribution in [-0.4, -0.2) is 29.1 Å². The minimum Gasteiger partial charge on any atom is -0.493 e. The lowest BCUT2D eigenvalue weighted by Crippen LogP contribution is -2.31. The van der Waals surface area contributed by atoms with Crippen LogP contribution in [0.4, 0.5) is 5.82 Å². The van der Waals surface area contributed by atoms with Gasteiger partial charge in [-0.25, -0.2) is 4.98 Å². The molecule has 9 heteroatoms. The van der Waals surface area contributed by atoms with Crippen LogP contribution in [0.3, 0.4) is 0 Å². The summed E-state index contributed by atoms with van der Waals surface area (Å²) in [6.45, 7) is 3.86. The van der Waals surface area contributed by atoms with E-state index in [9.17, 15) is 9.59 Å². The summed E-state index contributed by atoms with van der Waals surface area (Å²) < 4.78 is 11.3. The molecule has 1 aliphatic heterocycles. The van der Waals surface area contributed by atoms with Gasteiger partial charge in [-0.2, -0.15) is 0 Å². The van der Waals surface area contributed by atoms with Crippen LogP contribution >= 0.6 is 23.4 Å². The number of benzene rings is 2. The third-order valence-electron chi connectivity index (χ3n) is 5.20. The molecule has 0 radical (unpaired) electrons. The summed E-state index contributed by atoms with van der Waals surface area (Å²) in [5.74, 6) is 1.32. The normalized spacial score (nSPS) is 15.2. The Kier molecular flexibility index (Phi) is 6.95. The fraction of sp³-hybridized carbons (Fsp3) is 0.292. The molecule has 0 unspecified atom stereocenters. The van der Waals surface area contributed by atoms with Crippen molar-refractivity contribution < 1.29 is 14.3 Å². The van der Waals surface area contributed by atoms with Gasteiger partial charge in [-0.3, -0.25) is 9.59 Å². The molecule has 0 spiro atoms. The average molecular weight is 486 g/mol. The van der Waals surface area contributed by atoms with E-state index in [4.69, 9.17) is 21.1 Å². The molecule has 0 saturated carbocycles. The van der Waals surface area contributed by atoms with Crippen LogP contribution in [0.2, 0.25) is 5.02 Å². The van der Waals surface area contributed by atoms with E-state index in [1.54, 1.807) is 13.2 Å². The zero-order valence-electron chi connectivity index (χ0n) is 18.5. The fourth-order valence-electron chi connectivity index (χ4n) is 3.72. The summed E-state index contributed by atoms with van der Waals surface area (Å²) in [7, 11) is 1.56. The smallest absolute Gasteiger partial charge is 0.257 e. The number of nitrogens with zero attached hydrogens (tertiary/aromatic N) is 1. The van der Waals surface area contributed by atoms with Gasteiger partial charge in [-0.05, 0) is 43.2 Å². The van der Waals surface area contributed by atoms with Gasteiger partial charge in [0.2, 0.25) is 5.91 Å². The van der Waals surface area contributed by atoms with Gasteiger partial charge < -0.3 is 19.8 Å². The van der Waals surface area contributed by atoms with Crippen molar-refractivity contribution in [2.24, 2.45) is 0 Å². The van der Waals surface area contributed by atoms with E-state index < -0.39 is 5.92 Å². The van der Waals surface area contributed by atoms with Crippen molar-refractivity contribution in [3.8, 4) is 11.5 Å². The highest BCUT2D eigenvalue weighted by Gasteiger charge is 2.31. The maximum absolute atomic E-state index is 13.1. The second-order valence-corrected chi connectivity index (χ2v) is 9.27. The minimum atomic E-state index is -0.449. The van der Waals surface area contributed by atoms with Crippen molar-refractivity contribution >= 4 is 35.1 Å². The van der Waals surface area contributed by atoms with Gasteiger partial charge in [0.1, 0.15) is 5.82 Å². The summed E-state index contributed by atoms with van der Waals surface area (Å²) in [4.78, 5) is 32.9. The van der Waals surface area contributed by atoms with E-state index in [0.29, 0.717) is 33.0 Å². The molecule has 2 N–H and O–H groups in total. The maximum Gasteiger partial charge on any atom is 0.257 e. The summed E-state index contributed by atoms with van der Waals surface area (Å²) in [6, 6.07) is 13.0. The number of anilines is 1. The molecule has 172 valence electrons. The first-order valence-corrected chi connectivity index (χ1v) is 11.9. The number of hydrogen-bond acceptors (Lipinski definition) is 6. The Balaban J connectivity index is 1.66. The number of fused-ring (bicyclic) bond motifs is 1. The van der Waals surface area contributed by atoms with Gasteiger partial charge in [0, 0.05) is 23.1 Å². The molecule has 0 bridgehead atoms. The lowest BCUT2D eigenvalue weighted by Gasteiger charge is -2.25. The van der Waals surface area contributed by atoms with Gasteiger partial charge in [0.05, 0.1) is 18.8 Å². The van der Waals surface area contributed by atoms with Crippen molar-refractivity contribution in [1.29, 1.82) is 0 Å². The molecular formula is C24H24ClN3O4S. The molecule has 3 aromatic rings. The van der Waals surface area contributed by atoms with E-state index in [1.807, 2.05) is 50.2 Å². The molecule has 4 rings (SSSR count). The molecule has 1 aromatic heterocycles. The Bertz CT molecular complexity index is 1240. The number of amides is 1. The van der Waals surface area contributed by atoms with Crippen LogP contribution in [0, 0.1) is 0 Å². The number of H-pyrrole nitrogens is 1. The molecule has 0 aliphatic carbocycles. The molecule has 2 heterocycles. The van der Waals surface area contributed by atoms with Gasteiger partial charge in [0.15, 0.2) is 16.7 Å². The number of aromatic amines is 1. The summed E-state index contributed by atoms with van der Waals surface area (Å²) in [5.41, 5.74) is 1.86. The van der Waals surface area contributed by atoms with E-state index in [2.05, 4.69) is 15.3 Å². The number of ether oxygens (including phenoxy) is 2. The van der Waals surface area contributed by atoms with Gasteiger partial charge >= 0.3 is 0 Å². The first kappa shape index (κ1) is 23.2. The van der Waals surface area contributed by atoms with Gasteiger partial charge in [-0.1, -0.05) is 47.6 Å². The number of thioether (sulfide) groups is 1. The molecule has 33 heavy (non-hydrogen) atoms. The average Bonchev–Trinajstić information content (AvgIpc) is 2.77. The van der Waals surface area contributed by atoms with Gasteiger partial charge in [0.25, 0.3) is 5.56 Å². The molecule has 0 saturated heterocycles. The van der Waals surface area contributed by atoms with E-state index in [-0.39, 0.29) is 29.8 Å². The monoisotopic (exact) mass is 485 g/mol. The largest absolute Gasteiger partial charge is 0.493 e. The molecule has 0 fully saturated rings. The lowest BCUT2D eigenvalue weighted by molar-refractivity contribution is -0.116. The highest BCUT2D eigenvalue weighted by atomic mass is 35.5. The molecule has 1 aliphatic rings. The zero-order chi connectivity index (χ0) is 23.5. The molecular weight excluding hydrogens is 462 g/mol. The Hall–Kier alpha value is -2.97. The number of carbonyl (C=O) groups is 1. The third-order valence-corrected chi connectivity index (χ3v) is 6.50. The van der Waals surface area contributed by atoms with Crippen molar-refractivity contribution in [2.75, 3.05) is 12.4 Å². The van der Waals surface area contributed by atoms with E-state index in [1.165, 1.54) is 11.8 Å². The van der Waals surface area contributed by atoms with Crippen molar-refractivity contribution in [3.05, 3.63) is 74.5 Å². The number of hydrogen-bond donors (Lipinski definition) is 2. The summed E-state index contributed by atoms with van der Waals surface area (Å²) in [6.07, 6.45) is 0.122. The van der Waals surface area contributed by atoms with Crippen molar-refractivity contribution in [2.45, 2.75) is 43.2 Å². The Morgan fingerprint density at radius 2 is 1.97 bits per heavy atom. The second kappa shape index (κ2) is 9.89. The number of methoxy groups -OCH3 is 1. The molecule has 7 nitrogen and oxygen atoms in total. The summed E-state index contributed by atoms with van der Waals surface area (Å²) >= 11 is 7.57. The second-order valence-electron chi connectivity index (χ2n) is 7.90. The van der Waals surface area contributed by atoms with Crippen LogP contribution < -0.4 is 20.3 Å². The highest BCUT2D eigenvalue weighted by Crippen LogP contribution is 2.38. The summed E-state index contributed by atoms with van der Waals surface area (Å²) in [5, 5.41) is 3.82. The molecule has 1 amide bonds. The SMILES string of the molecule is COc1cc([C@H]2CC(=O)Nc3nc(SCc4ccccc4Cl)[nH]c(=O)c32)ccc1OC(C)C. The van der Waals surface area contributed by atoms with Crippen LogP contribution in [0.1, 0.15) is 42.9 Å². The standard InChI is InChI=1S/C24H24ClN3O4S/c1-13(2)32-18-9-8-14(10-19(18)31-3)16-11-20(29)26-22-21(16)23(30)28-24(27-22)33-12-15-6-4-5-7-17(15)25/h4-10,13,16H,11-12H2,1-3H3,(H2,26,27,28,29,30)/t16-/m1/s1. The van der Waals surface area contributed by atoms with Gasteiger partial charge in [-0.15, -0.1) is 0 Å². The number of nitrogens with one attached hydrogen (secondary N) is 2. The first-order valence-electron chi connectivity index (χ1n) is 10.5. The number of carbonyl (C=O) groups excluding carboxylic acids is 1. The van der Waals surface area contributed by atoms with Crippen LogP contribution in [0.15, 0.2) is 52.4 Å². The number of halogens is 1. The Morgan fingerprint density at radius 3 is 2.70 bits per heavy atom. The Labute approximate surface area is 200 Å². The first-order chi connectivity index (χ1) is 15.9. The van der Waals surface area contributed by atoms with Crippen molar-refractivity contribution in [3.63, 3.8) is 0 Å². The topological polar surface area (TPSA) is 93.3 Å². The zero-order valence-corrected chi connectivity index (χ0v) is 20.0. The third kappa shape index (κ3) is 5.17. The minimum absolute atomic E-state index is 0.0142. The molecule has 1 atom stereocenters. The van der Waals surface area contributed by atoms with E-state index in [0.717, 1.165) is 11.1 Å². The highest BCUT2D eigenvalue weighted by molar-refractivity contribution is 7.98. The Morgan fingerprint density at radius 1 is 1.18 bits per heavy atom. The van der Waals surface area contributed by atoms with E-state index >= 15 is 0 Å². The van der Waals surface area contributed by atoms with Crippen molar-refractivity contribution in [1.82, 2.24) is 9.97 Å². The predicted octanol–water partition coefficient (Wildman–Crippen LogP) is 4.99. The maximum atomic E-state index is 13.1. The predicted molar refractivity (Wildman–Crippen MR) is 130 cm³/mol. The number of aromatic nitrogens is 2. The van der Waals surface area contributed by atoms with Crippen LogP contribution in [0.25, 0.3) is 0 Å².